The molecule has 7 nitrogen and oxygen atoms in total. The SMILES string of the molecule is Cc1cc(Cl)ccc1NC(=O)N[C@@H]1C[C@H]2C(=O)NCC(=O)N2C1. The number of piperazine rings is 1. The van der Waals surface area contributed by atoms with Crippen LogP contribution in [0.25, 0.3) is 0 Å². The van der Waals surface area contributed by atoms with Crippen LogP contribution in [0, 0.1) is 6.92 Å². The minimum atomic E-state index is -0.487. The van der Waals surface area contributed by atoms with Gasteiger partial charge in [-0.2, -0.15) is 0 Å². The summed E-state index contributed by atoms with van der Waals surface area (Å²) in [5.74, 6) is -0.282. The van der Waals surface area contributed by atoms with E-state index >= 15 is 0 Å². The number of carbonyl (C=O) groups is 3. The Hall–Kier alpha value is -2.28. The van der Waals surface area contributed by atoms with Gasteiger partial charge >= 0.3 is 6.03 Å². The van der Waals surface area contributed by atoms with Gasteiger partial charge in [0.1, 0.15) is 6.04 Å². The van der Waals surface area contributed by atoms with E-state index in [0.717, 1.165) is 5.56 Å². The second-order valence-electron chi connectivity index (χ2n) is 5.77. The Morgan fingerprint density at radius 2 is 2.17 bits per heavy atom. The fourth-order valence-corrected chi connectivity index (χ4v) is 3.18. The molecular formula is C15H17ClN4O3. The van der Waals surface area contributed by atoms with E-state index in [2.05, 4.69) is 16.0 Å². The van der Waals surface area contributed by atoms with Crippen LogP contribution < -0.4 is 16.0 Å². The molecule has 3 N–H and O–H groups in total. The van der Waals surface area contributed by atoms with Gasteiger partial charge in [0.05, 0.1) is 12.6 Å². The molecule has 23 heavy (non-hydrogen) atoms. The summed E-state index contributed by atoms with van der Waals surface area (Å²) < 4.78 is 0. The van der Waals surface area contributed by atoms with Gasteiger partial charge < -0.3 is 20.9 Å². The van der Waals surface area contributed by atoms with E-state index < -0.39 is 6.04 Å². The fourth-order valence-electron chi connectivity index (χ4n) is 2.96. The molecule has 0 bridgehead atoms. The van der Waals surface area contributed by atoms with Gasteiger partial charge in [0.25, 0.3) is 0 Å². The lowest BCUT2D eigenvalue weighted by Gasteiger charge is -2.28. The highest BCUT2D eigenvalue weighted by atomic mass is 35.5. The molecular weight excluding hydrogens is 320 g/mol. The molecule has 0 aliphatic carbocycles. The first kappa shape index (κ1) is 15.6. The van der Waals surface area contributed by atoms with E-state index in [-0.39, 0.29) is 30.4 Å². The topological polar surface area (TPSA) is 90.5 Å². The van der Waals surface area contributed by atoms with Crippen LogP contribution in [0.4, 0.5) is 10.5 Å². The van der Waals surface area contributed by atoms with Gasteiger partial charge in [-0.25, -0.2) is 4.79 Å². The molecule has 122 valence electrons. The van der Waals surface area contributed by atoms with Crippen molar-refractivity contribution in [2.24, 2.45) is 0 Å². The fraction of sp³-hybridized carbons (Fsp3) is 0.400. The van der Waals surface area contributed by atoms with Crippen molar-refractivity contribution in [1.82, 2.24) is 15.5 Å². The van der Waals surface area contributed by atoms with Crippen LogP contribution in [0.2, 0.25) is 5.02 Å². The maximum atomic E-state index is 12.1. The number of amides is 4. The van der Waals surface area contributed by atoms with E-state index in [9.17, 15) is 14.4 Å². The van der Waals surface area contributed by atoms with Gasteiger partial charge in [-0.3, -0.25) is 9.59 Å². The number of anilines is 1. The van der Waals surface area contributed by atoms with Gasteiger partial charge in [-0.05, 0) is 37.1 Å². The Balaban J connectivity index is 1.60. The molecule has 0 aromatic heterocycles. The number of fused-ring (bicyclic) bond motifs is 1. The quantitative estimate of drug-likeness (QED) is 0.748. The zero-order valence-corrected chi connectivity index (χ0v) is 13.3. The number of aryl methyl sites for hydroxylation is 1. The molecule has 1 aromatic carbocycles. The Kier molecular flexibility index (Phi) is 4.12. The lowest BCUT2D eigenvalue weighted by atomic mass is 10.1. The zero-order valence-electron chi connectivity index (χ0n) is 12.6. The number of halogens is 1. The highest BCUT2D eigenvalue weighted by Crippen LogP contribution is 2.22. The highest BCUT2D eigenvalue weighted by Gasteiger charge is 2.42. The second-order valence-corrected chi connectivity index (χ2v) is 6.21. The molecule has 2 aliphatic rings. The maximum Gasteiger partial charge on any atom is 0.319 e. The molecule has 8 heteroatoms. The standard InChI is InChI=1S/C15H17ClN4O3/c1-8-4-9(16)2-3-11(8)19-15(23)18-10-5-12-14(22)17-6-13(21)20(12)7-10/h2-4,10,12H,5-7H2,1H3,(H,17,22)(H2,18,19,23)/t10-,12+/m1/s1. The lowest BCUT2D eigenvalue weighted by Crippen LogP contribution is -2.55. The summed E-state index contributed by atoms with van der Waals surface area (Å²) in [6, 6.07) is 4.08. The third-order valence-electron chi connectivity index (χ3n) is 4.11. The number of urea groups is 1. The summed E-state index contributed by atoms with van der Waals surface area (Å²) in [6.07, 6.45) is 0.421. The van der Waals surface area contributed by atoms with E-state index in [1.54, 1.807) is 18.2 Å². The Morgan fingerprint density at radius 1 is 1.39 bits per heavy atom. The van der Waals surface area contributed by atoms with Crippen LogP contribution in [-0.2, 0) is 9.59 Å². The largest absolute Gasteiger partial charge is 0.345 e. The number of carbonyl (C=O) groups excluding carboxylic acids is 3. The summed E-state index contributed by atoms with van der Waals surface area (Å²) >= 11 is 5.88. The van der Waals surface area contributed by atoms with Crippen LogP contribution in [0.15, 0.2) is 18.2 Å². The normalized spacial score (nSPS) is 23.3. The Bertz CT molecular complexity index is 655. The number of benzene rings is 1. The van der Waals surface area contributed by atoms with Crippen molar-refractivity contribution in [3.63, 3.8) is 0 Å². The predicted molar refractivity (Wildman–Crippen MR) is 85.3 cm³/mol. The van der Waals surface area contributed by atoms with Crippen LogP contribution in [0.5, 0.6) is 0 Å². The average Bonchev–Trinajstić information content (AvgIpc) is 2.91. The number of nitrogens with zero attached hydrogens (tertiary/aromatic N) is 1. The van der Waals surface area contributed by atoms with E-state index in [1.165, 1.54) is 4.90 Å². The average molecular weight is 337 g/mol. The van der Waals surface area contributed by atoms with Gasteiger partial charge in [0.2, 0.25) is 11.8 Å². The Labute approximate surface area is 138 Å². The van der Waals surface area contributed by atoms with Crippen molar-refractivity contribution in [3.05, 3.63) is 28.8 Å². The van der Waals surface area contributed by atoms with Gasteiger partial charge in [-0.15, -0.1) is 0 Å². The van der Waals surface area contributed by atoms with Gasteiger partial charge in [-0.1, -0.05) is 11.6 Å². The first-order chi connectivity index (χ1) is 10.9. The molecule has 0 radical (unpaired) electrons. The summed E-state index contributed by atoms with van der Waals surface area (Å²) in [5.41, 5.74) is 1.52. The van der Waals surface area contributed by atoms with Crippen molar-refractivity contribution >= 4 is 35.1 Å². The van der Waals surface area contributed by atoms with Crippen LogP contribution in [0.3, 0.4) is 0 Å². The number of hydrogen-bond acceptors (Lipinski definition) is 3. The Morgan fingerprint density at radius 3 is 2.87 bits per heavy atom. The van der Waals surface area contributed by atoms with Crippen molar-refractivity contribution in [2.45, 2.75) is 25.4 Å². The highest BCUT2D eigenvalue weighted by molar-refractivity contribution is 6.30. The zero-order chi connectivity index (χ0) is 16.6. The summed E-state index contributed by atoms with van der Waals surface area (Å²) in [4.78, 5) is 37.2. The van der Waals surface area contributed by atoms with Gasteiger partial charge in [0, 0.05) is 17.3 Å². The monoisotopic (exact) mass is 336 g/mol. The predicted octanol–water partition coefficient (Wildman–Crippen LogP) is 0.869. The summed E-state index contributed by atoms with van der Waals surface area (Å²) in [5, 5.41) is 8.73. The summed E-state index contributed by atoms with van der Waals surface area (Å²) in [7, 11) is 0. The molecule has 2 heterocycles. The lowest BCUT2D eigenvalue weighted by molar-refractivity contribution is -0.143. The maximum absolute atomic E-state index is 12.1. The summed E-state index contributed by atoms with van der Waals surface area (Å²) in [6.45, 7) is 2.22. The van der Waals surface area contributed by atoms with Crippen LogP contribution in [0.1, 0.15) is 12.0 Å². The van der Waals surface area contributed by atoms with Gasteiger partial charge in [0.15, 0.2) is 0 Å². The molecule has 0 unspecified atom stereocenters. The van der Waals surface area contributed by atoms with Crippen molar-refractivity contribution in [1.29, 1.82) is 0 Å². The van der Waals surface area contributed by atoms with E-state index in [1.807, 2.05) is 6.92 Å². The van der Waals surface area contributed by atoms with Crippen molar-refractivity contribution in [3.8, 4) is 0 Å². The third-order valence-corrected chi connectivity index (χ3v) is 4.34. The molecule has 4 amide bonds. The molecule has 2 fully saturated rings. The second kappa shape index (κ2) is 6.08. The van der Waals surface area contributed by atoms with E-state index in [4.69, 9.17) is 11.6 Å². The molecule has 3 rings (SSSR count). The first-order valence-electron chi connectivity index (χ1n) is 7.35. The van der Waals surface area contributed by atoms with Crippen LogP contribution in [-0.4, -0.2) is 47.9 Å². The molecule has 2 saturated heterocycles. The molecule has 0 spiro atoms. The molecule has 0 saturated carbocycles. The minimum absolute atomic E-state index is 0.0260. The number of nitrogens with one attached hydrogen (secondary N) is 3. The smallest absolute Gasteiger partial charge is 0.319 e. The van der Waals surface area contributed by atoms with Crippen LogP contribution >= 0.6 is 11.6 Å². The number of hydrogen-bond donors (Lipinski definition) is 3. The van der Waals surface area contributed by atoms with Crippen molar-refractivity contribution < 1.29 is 14.4 Å². The van der Waals surface area contributed by atoms with Crippen molar-refractivity contribution in [2.75, 3.05) is 18.4 Å². The number of rotatable bonds is 2. The first-order valence-corrected chi connectivity index (χ1v) is 7.72. The third kappa shape index (κ3) is 3.24. The van der Waals surface area contributed by atoms with E-state index in [0.29, 0.717) is 23.7 Å². The molecule has 2 atom stereocenters. The minimum Gasteiger partial charge on any atom is -0.345 e. The molecule has 1 aromatic rings. The molecule has 2 aliphatic heterocycles.